The first kappa shape index (κ1) is 60.1. The molecule has 3 radical (unpaired) electrons. The third-order valence-electron chi connectivity index (χ3n) is 8.85. The number of benzene rings is 4. The van der Waals surface area contributed by atoms with Crippen molar-refractivity contribution in [3.8, 4) is 56.4 Å². The molecule has 6 heterocycles. The molecular weight excluding hydrogens is 1410 g/mol. The number of ketones is 1. The predicted octanol–water partition coefficient (Wildman–Crippen LogP) is 13.7. The first-order valence-corrected chi connectivity index (χ1v) is 21.6. The van der Waals surface area contributed by atoms with Crippen LogP contribution in [0.1, 0.15) is 19.4 Å². The minimum atomic E-state index is -0.125. The second-order valence-corrected chi connectivity index (χ2v) is 14.3. The summed E-state index contributed by atoms with van der Waals surface area (Å²) in [7, 11) is 0. The Hall–Kier alpha value is -7.06. The summed E-state index contributed by atoms with van der Waals surface area (Å²) in [5, 5.41) is 8.36. The van der Waals surface area contributed by atoms with Crippen LogP contribution in [0.3, 0.4) is 0 Å². The number of aryl methyl sites for hydroxylation is 1. The van der Waals surface area contributed by atoms with Crippen LogP contribution in [0.15, 0.2) is 249 Å². The van der Waals surface area contributed by atoms with Crippen LogP contribution in [-0.4, -0.2) is 40.8 Å². The molecule has 0 fully saturated rings. The maximum atomic E-state index is 10.0. The molecule has 0 aliphatic heterocycles. The van der Waals surface area contributed by atoms with E-state index in [1.165, 1.54) is 25.5 Å². The van der Waals surface area contributed by atoms with Crippen molar-refractivity contribution in [1.29, 1.82) is 0 Å². The summed E-state index contributed by atoms with van der Waals surface area (Å²) in [5.74, 6) is -0.0625. The zero-order chi connectivity index (χ0) is 47.9. The number of carbonyl (C=O) groups excluding carboxylic acids is 1. The molecule has 0 spiro atoms. The fourth-order valence-electron chi connectivity index (χ4n) is 5.78. The quantitative estimate of drug-likeness (QED) is 0.0995. The zero-order valence-corrected chi connectivity index (χ0v) is 46.3. The van der Waals surface area contributed by atoms with Crippen molar-refractivity contribution in [3.05, 3.63) is 279 Å². The van der Waals surface area contributed by atoms with E-state index in [4.69, 9.17) is 5.11 Å². The molecule has 10 rings (SSSR count). The van der Waals surface area contributed by atoms with E-state index in [0.717, 1.165) is 56.4 Å². The van der Waals surface area contributed by atoms with Gasteiger partial charge >= 0.3 is 0 Å². The molecule has 1 N–H and O–H groups in total. The standard InChI is InChI=1S/C12H10N.3C11H8N.C10H8N2.C5H8O2.3Ir/c1-10-7-8-13-12(9-10)11-5-3-2-4-6-11;3*1-2-6-10(7-3-1)11-8-4-5-9-12-11;1-3-7-11-9(5-1)10-6-2-4-8-12-10;1-4(6)3-5(2)7;;;/h2-5,7-9H,1H3;3*1-6,8-9H;1-8H;3,6H,1-2H3;;;/q4*-1;;;;;. The molecule has 4 aromatic carbocycles. The van der Waals surface area contributed by atoms with Crippen LogP contribution in [0, 0.1) is 31.2 Å². The van der Waals surface area contributed by atoms with E-state index in [2.05, 4.69) is 67.2 Å². The van der Waals surface area contributed by atoms with Gasteiger partial charge in [-0.25, -0.2) is 0 Å². The van der Waals surface area contributed by atoms with Gasteiger partial charge in [0.15, 0.2) is 5.78 Å². The normalized spacial score (nSPS) is 9.48. The summed E-state index contributed by atoms with van der Waals surface area (Å²) in [6.45, 7) is 4.91. The van der Waals surface area contributed by atoms with E-state index in [1.807, 2.05) is 200 Å². The summed E-state index contributed by atoms with van der Waals surface area (Å²) in [6.07, 6.45) is 11.9. The molecule has 0 amide bonds. The first-order chi connectivity index (χ1) is 33.4. The van der Waals surface area contributed by atoms with E-state index in [9.17, 15) is 4.79 Å². The van der Waals surface area contributed by atoms with Crippen molar-refractivity contribution in [2.45, 2.75) is 20.8 Å². The predicted molar refractivity (Wildman–Crippen MR) is 273 cm³/mol. The number of aliphatic hydroxyl groups is 1. The van der Waals surface area contributed by atoms with Crippen LogP contribution in [0.25, 0.3) is 56.4 Å². The molecule has 6 aromatic heterocycles. The first-order valence-electron chi connectivity index (χ1n) is 21.6. The third-order valence-corrected chi connectivity index (χ3v) is 8.85. The van der Waals surface area contributed by atoms with Gasteiger partial charge in [0, 0.05) is 104 Å². The molecule has 11 heteroatoms. The molecule has 363 valence electrons. The number of carbonyl (C=O) groups is 1. The summed E-state index contributed by atoms with van der Waals surface area (Å²) in [4.78, 5) is 35.3. The van der Waals surface area contributed by atoms with E-state index in [1.54, 1.807) is 31.0 Å². The zero-order valence-electron chi connectivity index (χ0n) is 39.1. The van der Waals surface area contributed by atoms with Gasteiger partial charge in [-0.2, -0.15) is 0 Å². The van der Waals surface area contributed by atoms with E-state index >= 15 is 0 Å². The van der Waals surface area contributed by atoms with Crippen molar-refractivity contribution in [2.24, 2.45) is 0 Å². The number of aromatic nitrogens is 6. The van der Waals surface area contributed by atoms with Gasteiger partial charge in [-0.15, -0.1) is 144 Å². The maximum Gasteiger partial charge on any atom is 0.155 e. The van der Waals surface area contributed by atoms with Crippen molar-refractivity contribution in [2.75, 3.05) is 0 Å². The van der Waals surface area contributed by atoms with Gasteiger partial charge in [0.1, 0.15) is 0 Å². The largest absolute Gasteiger partial charge is 0.512 e. The van der Waals surface area contributed by atoms with Crippen LogP contribution in [-0.2, 0) is 65.1 Å². The molecule has 0 aliphatic carbocycles. The molecule has 0 bridgehead atoms. The number of allylic oxidation sites excluding steroid dienone is 2. The summed E-state index contributed by atoms with van der Waals surface area (Å²) >= 11 is 0. The Kier molecular flexibility index (Phi) is 30.4. The van der Waals surface area contributed by atoms with Crippen LogP contribution >= 0.6 is 0 Å². The van der Waals surface area contributed by atoms with Crippen LogP contribution in [0.5, 0.6) is 0 Å². The smallest absolute Gasteiger partial charge is 0.155 e. The maximum absolute atomic E-state index is 10.0. The van der Waals surface area contributed by atoms with Gasteiger partial charge in [0.2, 0.25) is 0 Å². The minimum absolute atomic E-state index is 0. The number of pyridine rings is 6. The number of hydrogen-bond acceptors (Lipinski definition) is 8. The number of hydrogen-bond donors (Lipinski definition) is 1. The molecule has 0 saturated carbocycles. The summed E-state index contributed by atoms with van der Waals surface area (Å²) < 4.78 is 0. The van der Waals surface area contributed by atoms with Crippen LogP contribution in [0.2, 0.25) is 0 Å². The van der Waals surface area contributed by atoms with Crippen molar-refractivity contribution < 1.29 is 70.2 Å². The molecule has 71 heavy (non-hydrogen) atoms. The second kappa shape index (κ2) is 36.0. The van der Waals surface area contributed by atoms with E-state index < -0.39 is 0 Å². The van der Waals surface area contributed by atoms with Crippen molar-refractivity contribution in [3.63, 3.8) is 0 Å². The van der Waals surface area contributed by atoms with E-state index in [0.29, 0.717) is 0 Å². The number of nitrogens with zero attached hydrogens (tertiary/aromatic N) is 6. The fraction of sp³-hybridized carbons (Fsp3) is 0.0500. The summed E-state index contributed by atoms with van der Waals surface area (Å²) in [6, 6.07) is 77.1. The minimum Gasteiger partial charge on any atom is -0.512 e. The Labute approximate surface area is 458 Å². The Bertz CT molecular complexity index is 2460. The molecule has 8 nitrogen and oxygen atoms in total. The fourth-order valence-corrected chi connectivity index (χ4v) is 5.78. The topological polar surface area (TPSA) is 115 Å². The Morgan fingerprint density at radius 2 is 0.662 bits per heavy atom. The van der Waals surface area contributed by atoms with Crippen molar-refractivity contribution in [1.82, 2.24) is 29.9 Å². The third kappa shape index (κ3) is 23.9. The average Bonchev–Trinajstić information content (AvgIpc) is 3.41. The molecule has 0 unspecified atom stereocenters. The second-order valence-electron chi connectivity index (χ2n) is 14.3. The average molecular weight is 1460 g/mol. The van der Waals surface area contributed by atoms with Gasteiger partial charge in [-0.3, -0.25) is 14.8 Å². The molecular formula is C60H50Ir3N6O2-4. The number of rotatable bonds is 6. The van der Waals surface area contributed by atoms with Gasteiger partial charge in [0.05, 0.1) is 17.1 Å². The van der Waals surface area contributed by atoms with Gasteiger partial charge in [-0.1, -0.05) is 60.2 Å². The molecule has 10 aromatic rings. The Morgan fingerprint density at radius 1 is 0.380 bits per heavy atom. The van der Waals surface area contributed by atoms with Crippen LogP contribution in [0.4, 0.5) is 0 Å². The van der Waals surface area contributed by atoms with Crippen LogP contribution < -0.4 is 0 Å². The van der Waals surface area contributed by atoms with E-state index in [-0.39, 0.29) is 71.9 Å². The Balaban J connectivity index is 0.000000292. The molecule has 0 aliphatic rings. The van der Waals surface area contributed by atoms with Gasteiger partial charge in [0.25, 0.3) is 0 Å². The van der Waals surface area contributed by atoms with Crippen molar-refractivity contribution >= 4 is 5.78 Å². The monoisotopic (exact) mass is 1470 g/mol. The SMILES string of the molecule is CC(=O)C=C(C)O.Cc1ccnc(-c2[c-]cccc2)c1.[Ir].[Ir].[Ir].[c-]1ccccc1-c1ccccn1.[c-]1ccccc1-c1ccccn1.[c-]1ccccc1-c1ccccn1.c1ccc(-c2ccccn2)nc1. The Morgan fingerprint density at radius 3 is 0.887 bits per heavy atom. The summed E-state index contributed by atoms with van der Waals surface area (Å²) in [5.41, 5.74) is 11.1. The molecule has 0 saturated heterocycles. The number of aliphatic hydroxyl groups excluding tert-OH is 1. The van der Waals surface area contributed by atoms with Gasteiger partial charge in [-0.05, 0) is 92.1 Å². The van der Waals surface area contributed by atoms with Gasteiger partial charge < -0.3 is 25.0 Å². The molecule has 0 atom stereocenters.